The molecule has 7 nitrogen and oxygen atoms in total. The number of nitriles is 1. The summed E-state index contributed by atoms with van der Waals surface area (Å²) in [7, 11) is 0.0952. The van der Waals surface area contributed by atoms with Gasteiger partial charge in [-0.15, -0.1) is 0 Å². The number of fused-ring (bicyclic) bond motifs is 1. The van der Waals surface area contributed by atoms with E-state index in [2.05, 4.69) is 4.98 Å². The van der Waals surface area contributed by atoms with Crippen LogP contribution in [0.1, 0.15) is 23.1 Å². The maximum absolute atomic E-state index is 10.9. The number of aliphatic hydroxyl groups is 1. The molecule has 1 unspecified atom stereocenters. The van der Waals surface area contributed by atoms with Crippen LogP contribution in [0.15, 0.2) is 30.5 Å². The highest BCUT2D eigenvalue weighted by Gasteiger charge is 2.42. The van der Waals surface area contributed by atoms with Gasteiger partial charge in [0, 0.05) is 17.8 Å². The highest BCUT2D eigenvalue weighted by Crippen LogP contribution is 2.34. The van der Waals surface area contributed by atoms with Crippen molar-refractivity contribution >= 4 is 18.9 Å². The number of aryl methyl sites for hydroxylation is 1. The van der Waals surface area contributed by atoms with Gasteiger partial charge in [0.25, 0.3) is 0 Å². The lowest BCUT2D eigenvalue weighted by molar-refractivity contribution is -0.170. The summed E-state index contributed by atoms with van der Waals surface area (Å²) >= 11 is 0. The number of carbonyl (C=O) groups is 1. The average Bonchev–Trinajstić information content (AvgIpc) is 2.84. The molecule has 0 saturated heterocycles. The van der Waals surface area contributed by atoms with Crippen LogP contribution in [0.4, 0.5) is 0 Å². The van der Waals surface area contributed by atoms with E-state index in [0.717, 1.165) is 0 Å². The second-order valence-electron chi connectivity index (χ2n) is 5.52. The monoisotopic (exact) mass is 324 g/mol. The van der Waals surface area contributed by atoms with Crippen molar-refractivity contribution in [2.45, 2.75) is 19.1 Å². The Morgan fingerprint density at radius 1 is 1.50 bits per heavy atom. The Morgan fingerprint density at radius 2 is 2.29 bits per heavy atom. The molecule has 8 heteroatoms. The van der Waals surface area contributed by atoms with E-state index >= 15 is 0 Å². The maximum atomic E-state index is 10.9. The molecule has 1 atom stereocenters. The van der Waals surface area contributed by atoms with Gasteiger partial charge >= 0.3 is 13.5 Å². The number of hydrogen-bond acceptors (Lipinski definition) is 6. The van der Waals surface area contributed by atoms with Gasteiger partial charge in [0.2, 0.25) is 5.88 Å². The van der Waals surface area contributed by atoms with Crippen LogP contribution in [0, 0.1) is 18.3 Å². The molecule has 0 amide bonds. The Bertz CT molecular complexity index is 847. The van der Waals surface area contributed by atoms with Gasteiger partial charge in [-0.05, 0) is 36.1 Å². The topological polar surface area (TPSA) is 113 Å². The van der Waals surface area contributed by atoms with E-state index in [-0.39, 0.29) is 7.48 Å². The van der Waals surface area contributed by atoms with E-state index in [1.165, 1.54) is 6.20 Å². The van der Waals surface area contributed by atoms with E-state index < -0.39 is 18.2 Å². The average molecular weight is 324 g/mol. The molecule has 0 spiro atoms. The van der Waals surface area contributed by atoms with Crippen molar-refractivity contribution in [1.29, 1.82) is 5.26 Å². The van der Waals surface area contributed by atoms with Crippen LogP contribution < -0.4 is 10.2 Å². The van der Waals surface area contributed by atoms with Crippen molar-refractivity contribution in [1.82, 2.24) is 4.98 Å². The first-order valence-corrected chi connectivity index (χ1v) is 7.17. The Labute approximate surface area is 138 Å². The highest BCUT2D eigenvalue weighted by atomic mass is 16.6. The van der Waals surface area contributed by atoms with Crippen LogP contribution in [0.5, 0.6) is 11.6 Å². The molecule has 1 aliphatic heterocycles. The van der Waals surface area contributed by atoms with Crippen molar-refractivity contribution < 1.29 is 24.4 Å². The third-order valence-electron chi connectivity index (χ3n) is 3.73. The summed E-state index contributed by atoms with van der Waals surface area (Å²) in [6.07, 6.45) is 0.877. The molecule has 1 aliphatic rings. The van der Waals surface area contributed by atoms with E-state index in [4.69, 9.17) is 19.8 Å². The number of pyridine rings is 1. The predicted octanol–water partition coefficient (Wildman–Crippen LogP) is 0.681. The zero-order valence-electron chi connectivity index (χ0n) is 12.8. The van der Waals surface area contributed by atoms with Gasteiger partial charge in [-0.1, -0.05) is 0 Å². The number of carboxylic acids is 1. The van der Waals surface area contributed by atoms with Gasteiger partial charge in [-0.3, -0.25) is 4.79 Å². The fourth-order valence-corrected chi connectivity index (χ4v) is 2.80. The molecule has 2 aromatic rings. The standard InChI is InChI=1S/C16H13BN2O5/c1-9-4-11(23-13-3-2-10(7-18)8-19-13)5-12-15(9)16(22,24-17-12)6-14(20)21/h2-5,8,17,22H,6H2,1H3,(H,20,21). The Morgan fingerprint density at radius 3 is 2.92 bits per heavy atom. The molecule has 2 N–H and O–H groups in total. The van der Waals surface area contributed by atoms with Gasteiger partial charge < -0.3 is 19.6 Å². The molecule has 0 bridgehead atoms. The third kappa shape index (κ3) is 2.95. The summed E-state index contributed by atoms with van der Waals surface area (Å²) in [5.41, 5.74) is 2.23. The van der Waals surface area contributed by atoms with Crippen LogP contribution >= 0.6 is 0 Å². The molecule has 24 heavy (non-hydrogen) atoms. The van der Waals surface area contributed by atoms with E-state index in [1.807, 2.05) is 6.07 Å². The summed E-state index contributed by atoms with van der Waals surface area (Å²) in [6.45, 7) is 1.75. The molecule has 2 heterocycles. The fourth-order valence-electron chi connectivity index (χ4n) is 2.80. The van der Waals surface area contributed by atoms with Crippen LogP contribution in [-0.2, 0) is 15.2 Å². The molecule has 0 aliphatic carbocycles. The first kappa shape index (κ1) is 16.0. The van der Waals surface area contributed by atoms with Crippen LogP contribution in [-0.4, -0.2) is 28.6 Å². The van der Waals surface area contributed by atoms with E-state index in [9.17, 15) is 9.90 Å². The molecule has 120 valence electrons. The summed E-state index contributed by atoms with van der Waals surface area (Å²) < 4.78 is 11.0. The quantitative estimate of drug-likeness (QED) is 0.795. The van der Waals surface area contributed by atoms with Gasteiger partial charge in [0.05, 0.1) is 5.56 Å². The van der Waals surface area contributed by atoms with Gasteiger partial charge in [-0.2, -0.15) is 5.26 Å². The first-order valence-electron chi connectivity index (χ1n) is 7.17. The van der Waals surface area contributed by atoms with E-state index in [1.54, 1.807) is 31.2 Å². The van der Waals surface area contributed by atoms with Crippen LogP contribution in [0.2, 0.25) is 0 Å². The number of aliphatic carboxylic acids is 1. The highest BCUT2D eigenvalue weighted by molar-refractivity contribution is 6.49. The summed E-state index contributed by atoms with van der Waals surface area (Å²) in [6, 6.07) is 8.51. The summed E-state index contributed by atoms with van der Waals surface area (Å²) in [4.78, 5) is 15.0. The molecule has 0 saturated carbocycles. The molecule has 0 radical (unpaired) electrons. The number of benzene rings is 1. The Hall–Kier alpha value is -2.89. The number of rotatable bonds is 4. The van der Waals surface area contributed by atoms with Crippen molar-refractivity contribution in [3.05, 3.63) is 47.2 Å². The van der Waals surface area contributed by atoms with Crippen molar-refractivity contribution in [3.63, 3.8) is 0 Å². The number of carboxylic acid groups (broad SMARTS) is 1. The van der Waals surface area contributed by atoms with Crippen LogP contribution in [0.3, 0.4) is 0 Å². The lowest BCUT2D eigenvalue weighted by Crippen LogP contribution is -2.30. The van der Waals surface area contributed by atoms with Gasteiger partial charge in [0.1, 0.15) is 18.2 Å². The van der Waals surface area contributed by atoms with Crippen molar-refractivity contribution in [2.24, 2.45) is 0 Å². The normalized spacial score (nSPS) is 18.4. The Balaban J connectivity index is 1.90. The minimum Gasteiger partial charge on any atom is -0.481 e. The zero-order valence-corrected chi connectivity index (χ0v) is 12.8. The third-order valence-corrected chi connectivity index (χ3v) is 3.73. The second-order valence-corrected chi connectivity index (χ2v) is 5.52. The lowest BCUT2D eigenvalue weighted by Gasteiger charge is -2.24. The lowest BCUT2D eigenvalue weighted by atomic mass is 9.83. The number of nitrogens with zero attached hydrogens (tertiary/aromatic N) is 2. The number of hydrogen-bond donors (Lipinski definition) is 2. The molecular weight excluding hydrogens is 311 g/mol. The predicted molar refractivity (Wildman–Crippen MR) is 84.2 cm³/mol. The largest absolute Gasteiger partial charge is 0.481 e. The summed E-state index contributed by atoms with van der Waals surface area (Å²) in [5.74, 6) is -2.15. The minimum atomic E-state index is -1.82. The maximum Gasteiger partial charge on any atom is 0.313 e. The smallest absolute Gasteiger partial charge is 0.313 e. The summed E-state index contributed by atoms with van der Waals surface area (Å²) in [5, 5.41) is 28.2. The molecular formula is C16H13BN2O5. The van der Waals surface area contributed by atoms with Crippen LogP contribution in [0.25, 0.3) is 0 Å². The Kier molecular flexibility index (Phi) is 3.97. The SMILES string of the molecule is Cc1cc(Oc2ccc(C#N)cn2)cc2c1C(O)(CC(=O)O)OB2. The van der Waals surface area contributed by atoms with Crippen molar-refractivity contribution in [2.75, 3.05) is 0 Å². The fraction of sp³-hybridized carbons (Fsp3) is 0.188. The van der Waals surface area contributed by atoms with E-state index in [0.29, 0.717) is 33.8 Å². The molecule has 0 fully saturated rings. The number of aromatic nitrogens is 1. The first-order chi connectivity index (χ1) is 11.4. The molecule has 1 aromatic carbocycles. The minimum absolute atomic E-state index is 0.0952. The molecule has 1 aromatic heterocycles. The molecule has 3 rings (SSSR count). The van der Waals surface area contributed by atoms with Gasteiger partial charge in [0.15, 0.2) is 5.79 Å². The second kappa shape index (κ2) is 5.96. The van der Waals surface area contributed by atoms with Crippen molar-refractivity contribution in [3.8, 4) is 17.7 Å². The zero-order chi connectivity index (χ0) is 17.3. The number of ether oxygens (including phenoxy) is 1. The van der Waals surface area contributed by atoms with Gasteiger partial charge in [-0.25, -0.2) is 4.98 Å².